The molecule has 1 amide bonds. The molecule has 5 nitrogen and oxygen atoms in total. The van der Waals surface area contributed by atoms with Gasteiger partial charge in [0, 0.05) is 18.4 Å². The Hall–Kier alpha value is -2.56. The Morgan fingerprint density at radius 2 is 2.00 bits per heavy atom. The molecule has 0 spiro atoms. The Bertz CT molecular complexity index is 597. The lowest BCUT2D eigenvalue weighted by molar-refractivity contribution is 0.102. The second kappa shape index (κ2) is 7.28. The first kappa shape index (κ1) is 14.8. The molecule has 2 rings (SSSR count). The molecule has 1 heterocycles. The van der Waals surface area contributed by atoms with Crippen LogP contribution in [0.3, 0.4) is 0 Å². The molecule has 0 aliphatic carbocycles. The fraction of sp³-hybridized carbons (Fsp3) is 0.250. The summed E-state index contributed by atoms with van der Waals surface area (Å²) in [6.07, 6.45) is 2.64. The molecule has 110 valence electrons. The molecule has 0 aliphatic heterocycles. The van der Waals surface area contributed by atoms with Crippen molar-refractivity contribution in [3.8, 4) is 5.75 Å². The third kappa shape index (κ3) is 3.95. The number of hydrogen-bond acceptors (Lipinski definition) is 4. The van der Waals surface area contributed by atoms with Gasteiger partial charge in [0.05, 0.1) is 12.7 Å². The van der Waals surface area contributed by atoms with Gasteiger partial charge in [-0.05, 0) is 42.8 Å². The van der Waals surface area contributed by atoms with Crippen molar-refractivity contribution in [3.63, 3.8) is 0 Å². The van der Waals surface area contributed by atoms with E-state index in [1.54, 1.807) is 49.7 Å². The maximum atomic E-state index is 12.3. The highest BCUT2D eigenvalue weighted by Gasteiger charge is 2.12. The number of benzene rings is 1. The van der Waals surface area contributed by atoms with E-state index in [0.29, 0.717) is 17.1 Å². The summed E-state index contributed by atoms with van der Waals surface area (Å²) in [6.45, 7) is 2.84. The second-order valence-electron chi connectivity index (χ2n) is 4.51. The number of rotatable bonds is 6. The van der Waals surface area contributed by atoms with Gasteiger partial charge in [-0.3, -0.25) is 4.79 Å². The van der Waals surface area contributed by atoms with Crippen molar-refractivity contribution < 1.29 is 9.53 Å². The van der Waals surface area contributed by atoms with Gasteiger partial charge < -0.3 is 15.4 Å². The number of nitrogens with one attached hydrogen (secondary N) is 2. The molecule has 2 N–H and O–H groups in total. The van der Waals surface area contributed by atoms with E-state index in [1.165, 1.54) is 0 Å². The van der Waals surface area contributed by atoms with Crippen molar-refractivity contribution in [1.82, 2.24) is 4.98 Å². The molecule has 0 bridgehead atoms. The molecule has 0 aliphatic rings. The number of aromatic nitrogens is 1. The largest absolute Gasteiger partial charge is 0.497 e. The Morgan fingerprint density at radius 1 is 1.24 bits per heavy atom. The van der Waals surface area contributed by atoms with E-state index in [4.69, 9.17) is 4.74 Å². The molecule has 0 saturated heterocycles. The van der Waals surface area contributed by atoms with E-state index < -0.39 is 0 Å². The van der Waals surface area contributed by atoms with Crippen molar-refractivity contribution in [2.24, 2.45) is 0 Å². The van der Waals surface area contributed by atoms with Crippen LogP contribution in [0, 0.1) is 0 Å². The molecular weight excluding hydrogens is 266 g/mol. The van der Waals surface area contributed by atoms with Crippen LogP contribution in [0.1, 0.15) is 23.7 Å². The van der Waals surface area contributed by atoms with Crippen LogP contribution in [0.4, 0.5) is 11.5 Å². The number of nitrogens with zero attached hydrogens (tertiary/aromatic N) is 1. The third-order valence-corrected chi connectivity index (χ3v) is 2.94. The lowest BCUT2D eigenvalue weighted by atomic mass is 10.2. The van der Waals surface area contributed by atoms with Crippen LogP contribution in [0.5, 0.6) is 5.75 Å². The predicted molar refractivity (Wildman–Crippen MR) is 84.0 cm³/mol. The van der Waals surface area contributed by atoms with Crippen molar-refractivity contribution in [2.75, 3.05) is 24.3 Å². The van der Waals surface area contributed by atoms with E-state index in [2.05, 4.69) is 22.5 Å². The molecule has 1 aromatic carbocycles. The highest BCUT2D eigenvalue weighted by atomic mass is 16.5. The predicted octanol–water partition coefficient (Wildman–Crippen LogP) is 3.16. The zero-order chi connectivity index (χ0) is 15.1. The van der Waals surface area contributed by atoms with E-state index in [-0.39, 0.29) is 5.91 Å². The molecule has 2 aromatic rings. The first-order valence-corrected chi connectivity index (χ1v) is 6.89. The average Bonchev–Trinajstić information content (AvgIpc) is 2.54. The summed E-state index contributed by atoms with van der Waals surface area (Å²) >= 11 is 0. The minimum absolute atomic E-state index is 0.188. The van der Waals surface area contributed by atoms with Gasteiger partial charge in [-0.2, -0.15) is 0 Å². The quantitative estimate of drug-likeness (QED) is 0.855. The molecule has 0 fully saturated rings. The summed E-state index contributed by atoms with van der Waals surface area (Å²) in [6, 6.07) is 10.7. The van der Waals surface area contributed by atoms with Crippen molar-refractivity contribution in [3.05, 3.63) is 48.2 Å². The van der Waals surface area contributed by atoms with Crippen LogP contribution >= 0.6 is 0 Å². The molecule has 1 aromatic heterocycles. The highest BCUT2D eigenvalue weighted by Crippen LogP contribution is 2.18. The Kier molecular flexibility index (Phi) is 5.15. The van der Waals surface area contributed by atoms with E-state index >= 15 is 0 Å². The Balaban J connectivity index is 2.12. The lowest BCUT2D eigenvalue weighted by Gasteiger charge is -2.10. The summed E-state index contributed by atoms with van der Waals surface area (Å²) in [5.74, 6) is 1.16. The number of anilines is 2. The Labute approximate surface area is 124 Å². The number of amides is 1. The fourth-order valence-corrected chi connectivity index (χ4v) is 1.85. The number of methoxy groups -OCH3 is 1. The molecule has 0 radical (unpaired) electrons. The van der Waals surface area contributed by atoms with Crippen molar-refractivity contribution in [2.45, 2.75) is 13.3 Å². The average molecular weight is 285 g/mol. The maximum Gasteiger partial charge on any atom is 0.259 e. The monoisotopic (exact) mass is 285 g/mol. The second-order valence-corrected chi connectivity index (χ2v) is 4.51. The molecular formula is C16H19N3O2. The highest BCUT2D eigenvalue weighted by molar-refractivity contribution is 6.07. The van der Waals surface area contributed by atoms with E-state index in [0.717, 1.165) is 18.7 Å². The van der Waals surface area contributed by atoms with Gasteiger partial charge in [0.2, 0.25) is 0 Å². The smallest absolute Gasteiger partial charge is 0.259 e. The summed E-state index contributed by atoms with van der Waals surface area (Å²) in [7, 11) is 1.61. The van der Waals surface area contributed by atoms with Crippen molar-refractivity contribution >= 4 is 17.4 Å². The van der Waals surface area contributed by atoms with Gasteiger partial charge in [-0.1, -0.05) is 6.92 Å². The number of carbonyl (C=O) groups is 1. The molecule has 5 heteroatoms. The summed E-state index contributed by atoms with van der Waals surface area (Å²) in [5.41, 5.74) is 1.24. The molecule has 0 atom stereocenters. The van der Waals surface area contributed by atoms with Gasteiger partial charge in [-0.15, -0.1) is 0 Å². The van der Waals surface area contributed by atoms with Crippen LogP contribution < -0.4 is 15.4 Å². The number of pyridine rings is 1. The normalized spacial score (nSPS) is 10.0. The third-order valence-electron chi connectivity index (χ3n) is 2.94. The van der Waals surface area contributed by atoms with Crippen LogP contribution in [-0.4, -0.2) is 24.5 Å². The maximum absolute atomic E-state index is 12.3. The first-order valence-electron chi connectivity index (χ1n) is 6.89. The summed E-state index contributed by atoms with van der Waals surface area (Å²) < 4.78 is 5.09. The van der Waals surface area contributed by atoms with Crippen LogP contribution in [-0.2, 0) is 0 Å². The molecule has 21 heavy (non-hydrogen) atoms. The fourth-order valence-electron chi connectivity index (χ4n) is 1.85. The number of hydrogen-bond donors (Lipinski definition) is 2. The van der Waals surface area contributed by atoms with E-state index in [1.807, 2.05) is 0 Å². The topological polar surface area (TPSA) is 63.2 Å². The van der Waals surface area contributed by atoms with E-state index in [9.17, 15) is 4.79 Å². The summed E-state index contributed by atoms with van der Waals surface area (Å²) in [4.78, 5) is 16.5. The zero-order valence-corrected chi connectivity index (χ0v) is 12.2. The molecule has 0 unspecified atom stereocenters. The lowest BCUT2D eigenvalue weighted by Crippen LogP contribution is -2.16. The van der Waals surface area contributed by atoms with Gasteiger partial charge >= 0.3 is 0 Å². The minimum atomic E-state index is -0.188. The SMILES string of the molecule is CCCNc1ncccc1C(=O)Nc1ccc(OC)cc1. The van der Waals surface area contributed by atoms with Gasteiger partial charge in [0.25, 0.3) is 5.91 Å². The Morgan fingerprint density at radius 3 is 2.67 bits per heavy atom. The van der Waals surface area contributed by atoms with Crippen LogP contribution in [0.25, 0.3) is 0 Å². The standard InChI is InChI=1S/C16H19N3O2/c1-3-10-17-15-14(5-4-11-18-15)16(20)19-12-6-8-13(21-2)9-7-12/h4-9,11H,3,10H2,1-2H3,(H,17,18)(H,19,20). The zero-order valence-electron chi connectivity index (χ0n) is 12.2. The van der Waals surface area contributed by atoms with Gasteiger partial charge in [0.1, 0.15) is 11.6 Å². The van der Waals surface area contributed by atoms with Gasteiger partial charge in [-0.25, -0.2) is 4.98 Å². The van der Waals surface area contributed by atoms with Crippen LogP contribution in [0.2, 0.25) is 0 Å². The van der Waals surface area contributed by atoms with Crippen LogP contribution in [0.15, 0.2) is 42.6 Å². The minimum Gasteiger partial charge on any atom is -0.497 e. The summed E-state index contributed by atoms with van der Waals surface area (Å²) in [5, 5.41) is 6.01. The van der Waals surface area contributed by atoms with Crippen molar-refractivity contribution in [1.29, 1.82) is 0 Å². The first-order chi connectivity index (χ1) is 10.2. The van der Waals surface area contributed by atoms with Gasteiger partial charge in [0.15, 0.2) is 0 Å². The number of carbonyl (C=O) groups excluding carboxylic acids is 1. The number of ether oxygens (including phenoxy) is 1. The molecule has 0 saturated carbocycles.